The van der Waals surface area contributed by atoms with Gasteiger partial charge < -0.3 is 14.9 Å². The quantitative estimate of drug-likeness (QED) is 0.833. The van der Waals surface area contributed by atoms with E-state index >= 15 is 0 Å². The molecule has 1 amide bonds. The molecular formula is C18H22N4O3. The minimum absolute atomic E-state index is 0.0363. The van der Waals surface area contributed by atoms with Crippen LogP contribution in [0.2, 0.25) is 0 Å². The van der Waals surface area contributed by atoms with Gasteiger partial charge in [0.2, 0.25) is 0 Å². The van der Waals surface area contributed by atoms with E-state index in [0.29, 0.717) is 43.9 Å². The molecule has 7 heteroatoms. The van der Waals surface area contributed by atoms with Crippen LogP contribution in [0.4, 0.5) is 0 Å². The van der Waals surface area contributed by atoms with Crippen molar-refractivity contribution in [3.8, 4) is 6.07 Å². The molecule has 0 aromatic heterocycles. The van der Waals surface area contributed by atoms with Crippen LogP contribution in [0.3, 0.4) is 0 Å². The fraction of sp³-hybridized carbons (Fsp3) is 0.500. The minimum atomic E-state index is -0.761. The first-order chi connectivity index (χ1) is 12.0. The standard InChI is InChI=1S/C18H22N4O3/c1-20-9-15(18(24)25)10-21-6-7-22(12-16(21)11-20)17(23)14-4-2-13(8-19)3-5-14/h2-5,15-16H,6-7,9-12H2,1H3,(H,24,25). The number of amides is 1. The molecule has 132 valence electrons. The number of nitriles is 1. The maximum Gasteiger partial charge on any atom is 0.309 e. The predicted octanol–water partition coefficient (Wildman–Crippen LogP) is 0.331. The van der Waals surface area contributed by atoms with Gasteiger partial charge in [-0.25, -0.2) is 0 Å². The molecule has 0 saturated carbocycles. The summed E-state index contributed by atoms with van der Waals surface area (Å²) in [6.45, 7) is 3.68. The Hall–Kier alpha value is -2.43. The maximum atomic E-state index is 12.7. The van der Waals surface area contributed by atoms with E-state index in [9.17, 15) is 14.7 Å². The molecule has 2 saturated heterocycles. The number of carbonyl (C=O) groups excluding carboxylic acids is 1. The summed E-state index contributed by atoms with van der Waals surface area (Å²) in [4.78, 5) is 30.2. The molecule has 1 aromatic carbocycles. The minimum Gasteiger partial charge on any atom is -0.481 e. The number of piperazine rings is 1. The molecule has 1 N–H and O–H groups in total. The van der Waals surface area contributed by atoms with Gasteiger partial charge in [-0.05, 0) is 31.3 Å². The Balaban J connectivity index is 1.70. The van der Waals surface area contributed by atoms with Gasteiger partial charge in [-0.3, -0.25) is 14.5 Å². The topological polar surface area (TPSA) is 87.9 Å². The highest BCUT2D eigenvalue weighted by Gasteiger charge is 2.36. The zero-order valence-corrected chi connectivity index (χ0v) is 14.3. The molecule has 3 rings (SSSR count). The largest absolute Gasteiger partial charge is 0.481 e. The maximum absolute atomic E-state index is 12.7. The van der Waals surface area contributed by atoms with Gasteiger partial charge in [0.05, 0.1) is 17.6 Å². The second kappa shape index (κ2) is 7.21. The molecule has 2 aliphatic rings. The number of carboxylic acids is 1. The van der Waals surface area contributed by atoms with Crippen LogP contribution in [0, 0.1) is 17.2 Å². The molecule has 1 aromatic rings. The highest BCUT2D eigenvalue weighted by Crippen LogP contribution is 2.20. The van der Waals surface area contributed by atoms with E-state index < -0.39 is 11.9 Å². The Bertz CT molecular complexity index is 697. The van der Waals surface area contributed by atoms with Crippen molar-refractivity contribution < 1.29 is 14.7 Å². The lowest BCUT2D eigenvalue weighted by molar-refractivity contribution is -0.142. The summed E-state index contributed by atoms with van der Waals surface area (Å²) in [6, 6.07) is 8.87. The molecule has 2 aliphatic heterocycles. The summed E-state index contributed by atoms with van der Waals surface area (Å²) in [5.41, 5.74) is 1.12. The lowest BCUT2D eigenvalue weighted by atomic mass is 10.1. The molecule has 0 radical (unpaired) electrons. The smallest absolute Gasteiger partial charge is 0.309 e. The average molecular weight is 342 g/mol. The van der Waals surface area contributed by atoms with E-state index in [0.717, 1.165) is 6.54 Å². The number of carboxylic acid groups (broad SMARTS) is 1. The van der Waals surface area contributed by atoms with Crippen molar-refractivity contribution in [2.24, 2.45) is 5.92 Å². The van der Waals surface area contributed by atoms with Gasteiger partial charge in [0, 0.05) is 50.9 Å². The van der Waals surface area contributed by atoms with Gasteiger partial charge in [0.15, 0.2) is 0 Å². The first-order valence-corrected chi connectivity index (χ1v) is 8.42. The fourth-order valence-corrected chi connectivity index (χ4v) is 3.67. The monoisotopic (exact) mass is 342 g/mol. The molecule has 2 unspecified atom stereocenters. The molecule has 0 spiro atoms. The lowest BCUT2D eigenvalue weighted by Crippen LogP contribution is -2.57. The Morgan fingerprint density at radius 1 is 1.12 bits per heavy atom. The number of hydrogen-bond donors (Lipinski definition) is 1. The van der Waals surface area contributed by atoms with Gasteiger partial charge in [0.1, 0.15) is 0 Å². The van der Waals surface area contributed by atoms with Crippen molar-refractivity contribution >= 4 is 11.9 Å². The second-order valence-electron chi connectivity index (χ2n) is 6.85. The van der Waals surface area contributed by atoms with Gasteiger partial charge in [-0.1, -0.05) is 0 Å². The normalized spacial score (nSPS) is 24.9. The SMILES string of the molecule is CN1CC(C(=O)O)CN2CCN(C(=O)c3ccc(C#N)cc3)CC2C1. The number of carbonyl (C=O) groups is 2. The Kier molecular flexibility index (Phi) is 5.02. The predicted molar refractivity (Wildman–Crippen MR) is 91.0 cm³/mol. The van der Waals surface area contributed by atoms with Crippen molar-refractivity contribution in [3.05, 3.63) is 35.4 Å². The number of nitrogens with zero attached hydrogens (tertiary/aromatic N) is 4. The third-order valence-electron chi connectivity index (χ3n) is 5.01. The second-order valence-corrected chi connectivity index (χ2v) is 6.85. The van der Waals surface area contributed by atoms with E-state index in [2.05, 4.69) is 4.90 Å². The van der Waals surface area contributed by atoms with Crippen molar-refractivity contribution in [3.63, 3.8) is 0 Å². The molecule has 7 nitrogen and oxygen atoms in total. The van der Waals surface area contributed by atoms with Crippen LogP contribution < -0.4 is 0 Å². The van der Waals surface area contributed by atoms with Crippen LogP contribution in [0.5, 0.6) is 0 Å². The van der Waals surface area contributed by atoms with Crippen LogP contribution >= 0.6 is 0 Å². The lowest BCUT2D eigenvalue weighted by Gasteiger charge is -2.41. The molecular weight excluding hydrogens is 320 g/mol. The first kappa shape index (κ1) is 17.4. The molecule has 0 bridgehead atoms. The van der Waals surface area contributed by atoms with E-state index in [1.807, 2.05) is 22.9 Å². The highest BCUT2D eigenvalue weighted by atomic mass is 16.4. The van der Waals surface area contributed by atoms with Crippen LogP contribution in [-0.4, -0.2) is 84.0 Å². The third kappa shape index (κ3) is 3.81. The summed E-state index contributed by atoms with van der Waals surface area (Å²) < 4.78 is 0. The Morgan fingerprint density at radius 3 is 2.48 bits per heavy atom. The van der Waals surface area contributed by atoms with Crippen LogP contribution in [-0.2, 0) is 4.79 Å². The van der Waals surface area contributed by atoms with Crippen molar-refractivity contribution in [2.45, 2.75) is 6.04 Å². The summed E-state index contributed by atoms with van der Waals surface area (Å²) in [6.07, 6.45) is 0. The number of benzene rings is 1. The zero-order valence-electron chi connectivity index (χ0n) is 14.3. The zero-order chi connectivity index (χ0) is 18.0. The summed E-state index contributed by atoms with van der Waals surface area (Å²) in [5, 5.41) is 18.2. The van der Waals surface area contributed by atoms with Gasteiger partial charge in [-0.15, -0.1) is 0 Å². The van der Waals surface area contributed by atoms with E-state index in [4.69, 9.17) is 5.26 Å². The van der Waals surface area contributed by atoms with Crippen molar-refractivity contribution in [1.82, 2.24) is 14.7 Å². The van der Waals surface area contributed by atoms with Crippen LogP contribution in [0.1, 0.15) is 15.9 Å². The van der Waals surface area contributed by atoms with Crippen molar-refractivity contribution in [1.29, 1.82) is 5.26 Å². The Morgan fingerprint density at radius 2 is 1.84 bits per heavy atom. The van der Waals surface area contributed by atoms with E-state index in [1.54, 1.807) is 24.3 Å². The van der Waals surface area contributed by atoms with E-state index in [1.165, 1.54) is 0 Å². The molecule has 2 atom stereocenters. The Labute approximate surface area is 147 Å². The van der Waals surface area contributed by atoms with Crippen LogP contribution in [0.15, 0.2) is 24.3 Å². The van der Waals surface area contributed by atoms with Gasteiger partial charge in [0.25, 0.3) is 5.91 Å². The molecule has 2 fully saturated rings. The average Bonchev–Trinajstić information content (AvgIpc) is 2.78. The summed E-state index contributed by atoms with van der Waals surface area (Å²) >= 11 is 0. The third-order valence-corrected chi connectivity index (χ3v) is 5.01. The number of aliphatic carboxylic acids is 1. The van der Waals surface area contributed by atoms with Gasteiger partial charge >= 0.3 is 5.97 Å². The number of hydrogen-bond acceptors (Lipinski definition) is 5. The first-order valence-electron chi connectivity index (χ1n) is 8.42. The number of fused-ring (bicyclic) bond motifs is 1. The highest BCUT2D eigenvalue weighted by molar-refractivity contribution is 5.94. The summed E-state index contributed by atoms with van der Waals surface area (Å²) in [7, 11) is 1.93. The molecule has 2 heterocycles. The fourth-order valence-electron chi connectivity index (χ4n) is 3.67. The van der Waals surface area contributed by atoms with Crippen molar-refractivity contribution in [2.75, 3.05) is 46.3 Å². The summed E-state index contributed by atoms with van der Waals surface area (Å²) in [5.74, 6) is -1.19. The van der Waals surface area contributed by atoms with Crippen LogP contribution in [0.25, 0.3) is 0 Å². The molecule has 25 heavy (non-hydrogen) atoms. The van der Waals surface area contributed by atoms with E-state index in [-0.39, 0.29) is 11.9 Å². The van der Waals surface area contributed by atoms with Gasteiger partial charge in [-0.2, -0.15) is 5.26 Å². The molecule has 0 aliphatic carbocycles. The number of likely N-dealkylation sites (N-methyl/N-ethyl adjacent to an activating group) is 1. The number of rotatable bonds is 2.